The monoisotopic (exact) mass is 310 g/mol. The van der Waals surface area contributed by atoms with Gasteiger partial charge >= 0.3 is 0 Å². The maximum Gasteiger partial charge on any atom is 0.205 e. The fourth-order valence-electron chi connectivity index (χ4n) is 2.19. The summed E-state index contributed by atoms with van der Waals surface area (Å²) in [4.78, 5) is 1.55. The second-order valence-corrected chi connectivity index (χ2v) is 5.05. The third-order valence-electron chi connectivity index (χ3n) is 3.46. The van der Waals surface area contributed by atoms with Crippen molar-refractivity contribution < 1.29 is 9.47 Å². The summed E-state index contributed by atoms with van der Waals surface area (Å²) in [5.41, 5.74) is 2.12. The Morgan fingerprint density at radius 3 is 2.48 bits per heavy atom. The average molecular weight is 310 g/mol. The molecule has 0 aliphatic heterocycles. The molecular formula is C17H18N4O2. The molecule has 0 saturated carbocycles. The average Bonchev–Trinajstić information content (AvgIpc) is 3.04. The van der Waals surface area contributed by atoms with E-state index < -0.39 is 0 Å². The van der Waals surface area contributed by atoms with Crippen LogP contribution in [0.2, 0.25) is 0 Å². The molecule has 6 heteroatoms. The molecule has 2 aromatic carbocycles. The van der Waals surface area contributed by atoms with Gasteiger partial charge in [-0.3, -0.25) is 0 Å². The molecule has 0 atom stereocenters. The van der Waals surface area contributed by atoms with Gasteiger partial charge in [-0.15, -0.1) is 10.2 Å². The largest absolute Gasteiger partial charge is 0.497 e. The lowest BCUT2D eigenvalue weighted by molar-refractivity contribution is 0.280. The van der Waals surface area contributed by atoms with Gasteiger partial charge in [0.25, 0.3) is 0 Å². The number of aryl methyl sites for hydroxylation is 1. The zero-order chi connectivity index (χ0) is 16.1. The van der Waals surface area contributed by atoms with Gasteiger partial charge < -0.3 is 9.47 Å². The molecule has 3 aromatic rings. The van der Waals surface area contributed by atoms with Gasteiger partial charge in [0.2, 0.25) is 5.82 Å². The van der Waals surface area contributed by atoms with E-state index >= 15 is 0 Å². The fourth-order valence-corrected chi connectivity index (χ4v) is 2.19. The molecule has 0 aliphatic rings. The Morgan fingerprint density at radius 2 is 1.74 bits per heavy atom. The number of nitrogens with zero attached hydrogens (tertiary/aromatic N) is 4. The van der Waals surface area contributed by atoms with E-state index in [0.717, 1.165) is 22.6 Å². The van der Waals surface area contributed by atoms with E-state index in [-0.39, 0.29) is 0 Å². The summed E-state index contributed by atoms with van der Waals surface area (Å²) in [5, 5.41) is 12.6. The molecular weight excluding hydrogens is 292 g/mol. The van der Waals surface area contributed by atoms with E-state index in [1.807, 2.05) is 55.5 Å². The van der Waals surface area contributed by atoms with E-state index in [1.54, 1.807) is 11.9 Å². The number of ether oxygens (including phenoxy) is 2. The van der Waals surface area contributed by atoms with Gasteiger partial charge in [0.05, 0.1) is 13.7 Å². The molecule has 3 rings (SSSR count). The van der Waals surface area contributed by atoms with Gasteiger partial charge in [-0.1, -0.05) is 24.3 Å². The summed E-state index contributed by atoms with van der Waals surface area (Å²) in [5.74, 6) is 2.22. The third kappa shape index (κ3) is 3.66. The quantitative estimate of drug-likeness (QED) is 0.700. The van der Waals surface area contributed by atoms with Gasteiger partial charge in [0.1, 0.15) is 18.1 Å². The van der Waals surface area contributed by atoms with E-state index in [0.29, 0.717) is 19.0 Å². The first-order valence-electron chi connectivity index (χ1n) is 7.37. The Kier molecular flexibility index (Phi) is 4.52. The van der Waals surface area contributed by atoms with Crippen molar-refractivity contribution in [2.75, 3.05) is 13.7 Å². The van der Waals surface area contributed by atoms with Crippen LogP contribution < -0.4 is 9.47 Å². The maximum absolute atomic E-state index is 5.66. The number of rotatable bonds is 6. The van der Waals surface area contributed by atoms with Crippen LogP contribution in [0.3, 0.4) is 0 Å². The minimum Gasteiger partial charge on any atom is -0.497 e. The Balaban J connectivity index is 1.58. The van der Waals surface area contributed by atoms with Crippen molar-refractivity contribution in [2.45, 2.75) is 13.5 Å². The Labute approximate surface area is 134 Å². The molecule has 118 valence electrons. The topological polar surface area (TPSA) is 62.1 Å². The van der Waals surface area contributed by atoms with Crippen LogP contribution in [-0.4, -0.2) is 33.9 Å². The lowest BCUT2D eigenvalue weighted by Crippen LogP contribution is -2.11. The highest BCUT2D eigenvalue weighted by molar-refractivity contribution is 5.58. The number of methoxy groups -OCH3 is 1. The summed E-state index contributed by atoms with van der Waals surface area (Å²) in [6, 6.07) is 15.4. The predicted octanol–water partition coefficient (Wildman–Crippen LogP) is 2.74. The first kappa shape index (κ1) is 15.0. The number of hydrogen-bond acceptors (Lipinski definition) is 5. The van der Waals surface area contributed by atoms with Gasteiger partial charge in [-0.25, -0.2) is 0 Å². The van der Waals surface area contributed by atoms with Crippen molar-refractivity contribution in [1.82, 2.24) is 20.2 Å². The first-order valence-corrected chi connectivity index (χ1v) is 7.37. The molecule has 0 aliphatic carbocycles. The van der Waals surface area contributed by atoms with Crippen LogP contribution in [0.5, 0.6) is 11.5 Å². The number of hydrogen-bond donors (Lipinski definition) is 0. The van der Waals surface area contributed by atoms with Crippen molar-refractivity contribution >= 4 is 0 Å². The van der Waals surface area contributed by atoms with Gasteiger partial charge in [-0.2, -0.15) is 4.80 Å². The highest BCUT2D eigenvalue weighted by Crippen LogP contribution is 2.18. The number of benzene rings is 2. The summed E-state index contributed by atoms with van der Waals surface area (Å²) < 4.78 is 10.8. The summed E-state index contributed by atoms with van der Waals surface area (Å²) in [6.07, 6.45) is 0. The lowest BCUT2D eigenvalue weighted by atomic mass is 10.1. The zero-order valence-corrected chi connectivity index (χ0v) is 13.1. The molecule has 0 spiro atoms. The smallest absolute Gasteiger partial charge is 0.205 e. The summed E-state index contributed by atoms with van der Waals surface area (Å²) in [6.45, 7) is 3.03. The van der Waals surface area contributed by atoms with Gasteiger partial charge in [0.15, 0.2) is 0 Å². The molecule has 0 fully saturated rings. The van der Waals surface area contributed by atoms with E-state index in [9.17, 15) is 0 Å². The molecule has 1 heterocycles. The normalized spacial score (nSPS) is 10.5. The number of tetrazole rings is 1. The van der Waals surface area contributed by atoms with Crippen molar-refractivity contribution in [2.24, 2.45) is 0 Å². The molecule has 0 unspecified atom stereocenters. The Bertz CT molecular complexity index is 768. The highest BCUT2D eigenvalue weighted by atomic mass is 16.5. The van der Waals surface area contributed by atoms with Crippen LogP contribution in [0.4, 0.5) is 0 Å². The summed E-state index contributed by atoms with van der Waals surface area (Å²) in [7, 11) is 1.64. The van der Waals surface area contributed by atoms with Crippen LogP contribution in [0, 0.1) is 6.92 Å². The van der Waals surface area contributed by atoms with Crippen molar-refractivity contribution in [1.29, 1.82) is 0 Å². The molecule has 0 N–H and O–H groups in total. The minimum atomic E-state index is 0.468. The van der Waals surface area contributed by atoms with Gasteiger partial charge in [-0.05, 0) is 42.0 Å². The lowest BCUT2D eigenvalue weighted by Gasteiger charge is -2.06. The van der Waals surface area contributed by atoms with E-state index in [1.165, 1.54) is 0 Å². The Hall–Kier alpha value is -2.89. The third-order valence-corrected chi connectivity index (χ3v) is 3.46. The fraction of sp³-hybridized carbons (Fsp3) is 0.235. The van der Waals surface area contributed by atoms with Crippen LogP contribution in [0.15, 0.2) is 48.5 Å². The second kappa shape index (κ2) is 6.91. The molecule has 6 nitrogen and oxygen atoms in total. The van der Waals surface area contributed by atoms with Crippen molar-refractivity contribution in [3.63, 3.8) is 0 Å². The highest BCUT2D eigenvalue weighted by Gasteiger charge is 2.08. The van der Waals surface area contributed by atoms with Crippen LogP contribution >= 0.6 is 0 Å². The van der Waals surface area contributed by atoms with E-state index in [2.05, 4.69) is 15.4 Å². The molecule has 0 bridgehead atoms. The summed E-state index contributed by atoms with van der Waals surface area (Å²) >= 11 is 0. The molecule has 0 amide bonds. The van der Waals surface area contributed by atoms with Crippen molar-refractivity contribution in [3.05, 3.63) is 54.1 Å². The van der Waals surface area contributed by atoms with Crippen LogP contribution in [-0.2, 0) is 6.54 Å². The Morgan fingerprint density at radius 1 is 1.00 bits per heavy atom. The van der Waals surface area contributed by atoms with Gasteiger partial charge in [0, 0.05) is 5.56 Å². The first-order chi connectivity index (χ1) is 11.3. The SMILES string of the molecule is COc1ccc(OCCn2nnc(-c3ccccc3C)n2)cc1. The van der Waals surface area contributed by atoms with E-state index in [4.69, 9.17) is 9.47 Å². The standard InChI is InChI=1S/C17H18N4O2/c1-13-5-3-4-6-16(13)17-18-20-21(19-17)11-12-23-15-9-7-14(22-2)8-10-15/h3-10H,11-12H2,1-2H3. The van der Waals surface area contributed by atoms with Crippen LogP contribution in [0.25, 0.3) is 11.4 Å². The predicted molar refractivity (Wildman–Crippen MR) is 86.5 cm³/mol. The molecule has 0 radical (unpaired) electrons. The number of aromatic nitrogens is 4. The minimum absolute atomic E-state index is 0.468. The second-order valence-electron chi connectivity index (χ2n) is 5.05. The molecule has 0 saturated heterocycles. The van der Waals surface area contributed by atoms with Crippen LogP contribution in [0.1, 0.15) is 5.56 Å². The molecule has 23 heavy (non-hydrogen) atoms. The van der Waals surface area contributed by atoms with Crippen molar-refractivity contribution in [3.8, 4) is 22.9 Å². The maximum atomic E-state index is 5.66. The zero-order valence-electron chi connectivity index (χ0n) is 13.1. The molecule has 1 aromatic heterocycles.